The minimum atomic E-state index is -4.13. The molecule has 0 aliphatic heterocycles. The first-order chi connectivity index (χ1) is 21.0. The van der Waals surface area contributed by atoms with Crippen LogP contribution in [0.4, 0.5) is 0 Å². The Morgan fingerprint density at radius 2 is 1.43 bits per heavy atom. The van der Waals surface area contributed by atoms with E-state index in [-0.39, 0.29) is 30.2 Å². The maximum Gasteiger partial charge on any atom is 0.242 e. The van der Waals surface area contributed by atoms with E-state index in [1.807, 2.05) is 42.5 Å². The van der Waals surface area contributed by atoms with Crippen LogP contribution in [0.15, 0.2) is 102 Å². The molecule has 0 heterocycles. The molecular weight excluding hydrogens is 580 g/mol. The van der Waals surface area contributed by atoms with Crippen LogP contribution in [0.1, 0.15) is 23.6 Å². The summed E-state index contributed by atoms with van der Waals surface area (Å²) < 4.78 is 28.5. The fraction of sp³-hybridized carbons (Fsp3) is 0.188. The predicted octanol–water partition coefficient (Wildman–Crippen LogP) is 1.95. The van der Waals surface area contributed by atoms with Crippen molar-refractivity contribution in [1.82, 2.24) is 20.7 Å². The van der Waals surface area contributed by atoms with Crippen molar-refractivity contribution in [2.45, 2.75) is 36.9 Å². The molecule has 0 spiro atoms. The number of carbonyl (C=O) groups is 3. The van der Waals surface area contributed by atoms with Gasteiger partial charge in [0.05, 0.1) is 11.3 Å². The number of amides is 3. The van der Waals surface area contributed by atoms with Crippen molar-refractivity contribution in [3.8, 4) is 0 Å². The second kappa shape index (κ2) is 14.4. The Morgan fingerprint density at radius 1 is 0.795 bits per heavy atom. The Kier molecular flexibility index (Phi) is 10.4. The molecule has 0 bridgehead atoms. The molecule has 3 amide bonds. The lowest BCUT2D eigenvalue weighted by Crippen LogP contribution is -2.56. The van der Waals surface area contributed by atoms with Gasteiger partial charge < -0.3 is 21.7 Å². The van der Waals surface area contributed by atoms with E-state index in [4.69, 9.17) is 11.1 Å². The van der Waals surface area contributed by atoms with E-state index < -0.39 is 39.8 Å². The minimum absolute atomic E-state index is 0.0246. The summed E-state index contributed by atoms with van der Waals surface area (Å²) in [7, 11) is -4.13. The summed E-state index contributed by atoms with van der Waals surface area (Å²) in [4.78, 5) is 38.8. The number of benzene rings is 4. The van der Waals surface area contributed by atoms with Crippen molar-refractivity contribution >= 4 is 44.4 Å². The number of amidine groups is 1. The maximum absolute atomic E-state index is 13.3. The van der Waals surface area contributed by atoms with Gasteiger partial charge in [-0.05, 0) is 41.0 Å². The number of hydrogen-bond acceptors (Lipinski definition) is 6. The molecule has 7 N–H and O–H groups in total. The van der Waals surface area contributed by atoms with Crippen LogP contribution in [-0.2, 0) is 37.4 Å². The third-order valence-electron chi connectivity index (χ3n) is 6.83. The predicted molar refractivity (Wildman–Crippen MR) is 168 cm³/mol. The van der Waals surface area contributed by atoms with Gasteiger partial charge in [0, 0.05) is 18.7 Å². The van der Waals surface area contributed by atoms with Crippen LogP contribution in [0.3, 0.4) is 0 Å². The van der Waals surface area contributed by atoms with E-state index in [9.17, 15) is 22.8 Å². The van der Waals surface area contributed by atoms with Crippen LogP contribution < -0.4 is 26.4 Å². The smallest absolute Gasteiger partial charge is 0.242 e. The van der Waals surface area contributed by atoms with Crippen LogP contribution in [0.2, 0.25) is 0 Å². The summed E-state index contributed by atoms with van der Waals surface area (Å²) in [6, 6.07) is 25.2. The van der Waals surface area contributed by atoms with Crippen molar-refractivity contribution in [1.29, 1.82) is 5.41 Å². The molecule has 228 valence electrons. The normalized spacial score (nSPS) is 12.6. The van der Waals surface area contributed by atoms with Crippen molar-refractivity contribution in [2.24, 2.45) is 5.73 Å². The van der Waals surface area contributed by atoms with Crippen molar-refractivity contribution in [2.75, 3.05) is 6.54 Å². The van der Waals surface area contributed by atoms with Crippen LogP contribution in [0, 0.1) is 5.41 Å². The SMILES string of the molecule is C[C@H](NC(=O)[C@H](CNC(=O)Cc1ccc2ccccc2c1)NS(=O)(=O)c1ccccc1)C(=O)NCc1ccc(C(=N)N)cc1. The Labute approximate surface area is 255 Å². The van der Waals surface area contributed by atoms with Crippen molar-refractivity contribution < 1.29 is 22.8 Å². The number of hydrogen-bond donors (Lipinski definition) is 6. The molecule has 2 atom stereocenters. The first-order valence-electron chi connectivity index (χ1n) is 13.8. The fourth-order valence-corrected chi connectivity index (χ4v) is 5.60. The monoisotopic (exact) mass is 614 g/mol. The third kappa shape index (κ3) is 8.72. The Hall–Kier alpha value is -5.07. The van der Waals surface area contributed by atoms with Crippen LogP contribution in [0.25, 0.3) is 10.8 Å². The number of nitrogens with one attached hydrogen (secondary N) is 5. The summed E-state index contributed by atoms with van der Waals surface area (Å²) >= 11 is 0. The number of nitrogen functional groups attached to an aromatic ring is 1. The number of rotatable bonds is 13. The van der Waals surface area contributed by atoms with E-state index in [1.165, 1.54) is 19.1 Å². The first kappa shape index (κ1) is 31.9. The molecule has 0 radical (unpaired) electrons. The van der Waals surface area contributed by atoms with Crippen LogP contribution in [-0.4, -0.2) is 50.6 Å². The zero-order valence-electron chi connectivity index (χ0n) is 24.0. The molecule has 0 saturated carbocycles. The van der Waals surface area contributed by atoms with Gasteiger partial charge in [-0.3, -0.25) is 19.8 Å². The Balaban J connectivity index is 1.40. The molecular formula is C32H34N6O5S. The zero-order chi connectivity index (χ0) is 31.7. The highest BCUT2D eigenvalue weighted by molar-refractivity contribution is 7.89. The minimum Gasteiger partial charge on any atom is -0.384 e. The zero-order valence-corrected chi connectivity index (χ0v) is 24.9. The average molecular weight is 615 g/mol. The van der Waals surface area contributed by atoms with Gasteiger partial charge in [0.15, 0.2) is 0 Å². The number of sulfonamides is 1. The fourth-order valence-electron chi connectivity index (χ4n) is 4.38. The lowest BCUT2D eigenvalue weighted by atomic mass is 10.0. The molecule has 0 aliphatic carbocycles. The van der Waals surface area contributed by atoms with Crippen LogP contribution in [0.5, 0.6) is 0 Å². The van der Waals surface area contributed by atoms with E-state index >= 15 is 0 Å². The molecule has 0 aliphatic rings. The van der Waals surface area contributed by atoms with Gasteiger partial charge in [-0.1, -0.05) is 84.9 Å². The summed E-state index contributed by atoms with van der Waals surface area (Å²) in [5.74, 6) is -1.76. The lowest BCUT2D eigenvalue weighted by molar-refractivity contribution is -0.129. The number of fused-ring (bicyclic) bond motifs is 1. The highest BCUT2D eigenvalue weighted by Crippen LogP contribution is 2.16. The largest absolute Gasteiger partial charge is 0.384 e. The van der Waals surface area contributed by atoms with Gasteiger partial charge in [0.25, 0.3) is 0 Å². The topological polar surface area (TPSA) is 183 Å². The van der Waals surface area contributed by atoms with Gasteiger partial charge in [-0.2, -0.15) is 4.72 Å². The molecule has 44 heavy (non-hydrogen) atoms. The molecule has 0 saturated heterocycles. The molecule has 0 unspecified atom stereocenters. The van der Waals surface area contributed by atoms with Gasteiger partial charge >= 0.3 is 0 Å². The first-order valence-corrected chi connectivity index (χ1v) is 15.3. The summed E-state index contributed by atoms with van der Waals surface area (Å²) in [5, 5.41) is 17.4. The van der Waals surface area contributed by atoms with E-state index in [0.717, 1.165) is 21.9 Å². The average Bonchev–Trinajstić information content (AvgIpc) is 3.02. The highest BCUT2D eigenvalue weighted by atomic mass is 32.2. The highest BCUT2D eigenvalue weighted by Gasteiger charge is 2.28. The molecule has 0 fully saturated rings. The maximum atomic E-state index is 13.3. The van der Waals surface area contributed by atoms with Crippen LogP contribution >= 0.6 is 0 Å². The Bertz CT molecular complexity index is 1760. The molecule has 4 aromatic carbocycles. The summed E-state index contributed by atoms with van der Waals surface area (Å²) in [6.45, 7) is 1.28. The van der Waals surface area contributed by atoms with Crippen molar-refractivity contribution in [3.05, 3.63) is 114 Å². The molecule has 11 nitrogen and oxygen atoms in total. The second-order valence-electron chi connectivity index (χ2n) is 10.2. The molecule has 12 heteroatoms. The van der Waals surface area contributed by atoms with E-state index in [0.29, 0.717) is 5.56 Å². The lowest BCUT2D eigenvalue weighted by Gasteiger charge is -2.22. The summed E-state index contributed by atoms with van der Waals surface area (Å²) in [6.07, 6.45) is 0.0246. The quantitative estimate of drug-likeness (QED) is 0.0988. The number of nitrogens with two attached hydrogens (primary N) is 1. The molecule has 4 rings (SSSR count). The van der Waals surface area contributed by atoms with Gasteiger partial charge in [-0.15, -0.1) is 0 Å². The van der Waals surface area contributed by atoms with E-state index in [1.54, 1.807) is 42.5 Å². The number of carbonyl (C=O) groups excluding carboxylic acids is 3. The van der Waals surface area contributed by atoms with Gasteiger partial charge in [0.1, 0.15) is 17.9 Å². The third-order valence-corrected chi connectivity index (χ3v) is 8.32. The van der Waals surface area contributed by atoms with E-state index in [2.05, 4.69) is 20.7 Å². The Morgan fingerprint density at radius 3 is 2.11 bits per heavy atom. The molecule has 0 aromatic heterocycles. The van der Waals surface area contributed by atoms with Gasteiger partial charge in [0.2, 0.25) is 27.7 Å². The summed E-state index contributed by atoms with van der Waals surface area (Å²) in [5.41, 5.74) is 7.53. The second-order valence-corrected chi connectivity index (χ2v) is 11.9. The van der Waals surface area contributed by atoms with Crippen molar-refractivity contribution in [3.63, 3.8) is 0 Å². The van der Waals surface area contributed by atoms with Gasteiger partial charge in [-0.25, -0.2) is 8.42 Å². The standard InChI is InChI=1S/C32H34N6O5S/c1-21(31(40)36-19-22-11-15-25(16-12-22)30(33)34)37-32(41)28(38-44(42,43)27-9-3-2-4-10-27)20-35-29(39)18-23-13-14-24-7-5-6-8-26(24)17-23/h2-17,21,28,38H,18-20H2,1H3,(H3,33,34)(H,35,39)(H,36,40)(H,37,41)/t21-,28-/m0/s1. The molecule has 4 aromatic rings.